The molecule has 0 aliphatic carbocycles. The van der Waals surface area contributed by atoms with Crippen molar-refractivity contribution in [2.75, 3.05) is 26.0 Å². The highest BCUT2D eigenvalue weighted by Crippen LogP contribution is 2.27. The molecule has 0 spiro atoms. The Kier molecular flexibility index (Phi) is 6.36. The second-order valence-electron chi connectivity index (χ2n) is 4.58. The number of esters is 1. The first-order chi connectivity index (χ1) is 10.3. The summed E-state index contributed by atoms with van der Waals surface area (Å²) in [6.45, 7) is 1.77. The normalized spacial score (nSPS) is 10.0. The quantitative estimate of drug-likeness (QED) is 0.774. The third-order valence-electron chi connectivity index (χ3n) is 3.05. The van der Waals surface area contributed by atoms with Crippen molar-refractivity contribution in [1.82, 2.24) is 4.90 Å². The van der Waals surface area contributed by atoms with Gasteiger partial charge in [-0.1, -0.05) is 0 Å². The number of hydrogen-bond acceptors (Lipinski definition) is 4. The van der Waals surface area contributed by atoms with Gasteiger partial charge in [0, 0.05) is 23.8 Å². The third-order valence-corrected chi connectivity index (χ3v) is 3.71. The molecule has 7 nitrogen and oxygen atoms in total. The van der Waals surface area contributed by atoms with Gasteiger partial charge in [-0.3, -0.25) is 4.79 Å². The predicted octanol–water partition coefficient (Wildman–Crippen LogP) is 2.48. The Balaban J connectivity index is 2.92. The van der Waals surface area contributed by atoms with Gasteiger partial charge in [0.15, 0.2) is 0 Å². The van der Waals surface area contributed by atoms with Crippen molar-refractivity contribution in [3.8, 4) is 0 Å². The number of urea groups is 1. The number of halogens is 1. The van der Waals surface area contributed by atoms with Crippen molar-refractivity contribution in [3.05, 3.63) is 27.7 Å². The molecule has 2 amide bonds. The van der Waals surface area contributed by atoms with Gasteiger partial charge in [0.05, 0.1) is 19.1 Å². The van der Waals surface area contributed by atoms with Crippen LogP contribution in [0.25, 0.3) is 0 Å². The second kappa shape index (κ2) is 7.79. The van der Waals surface area contributed by atoms with Crippen LogP contribution in [0.5, 0.6) is 0 Å². The van der Waals surface area contributed by atoms with Gasteiger partial charge in [-0.25, -0.2) is 9.59 Å². The van der Waals surface area contributed by atoms with E-state index in [-0.39, 0.29) is 13.0 Å². The molecule has 0 aliphatic rings. The average molecular weight is 373 g/mol. The SMILES string of the molecule is COC(=O)c1c(Br)ccc(NC(=O)N(C)CCC(=O)O)c1C. The summed E-state index contributed by atoms with van der Waals surface area (Å²) in [4.78, 5) is 35.5. The Morgan fingerprint density at radius 2 is 2.00 bits per heavy atom. The van der Waals surface area contributed by atoms with Gasteiger partial charge in [0.1, 0.15) is 0 Å². The molecule has 0 unspecified atom stereocenters. The zero-order chi connectivity index (χ0) is 16.9. The van der Waals surface area contributed by atoms with Crippen LogP contribution in [0.2, 0.25) is 0 Å². The maximum atomic E-state index is 12.0. The molecule has 0 aromatic heterocycles. The van der Waals surface area contributed by atoms with Crippen LogP contribution in [0, 0.1) is 6.92 Å². The number of hydrogen-bond donors (Lipinski definition) is 2. The maximum Gasteiger partial charge on any atom is 0.339 e. The molecule has 0 saturated carbocycles. The van der Waals surface area contributed by atoms with Crippen molar-refractivity contribution < 1.29 is 24.2 Å². The van der Waals surface area contributed by atoms with Gasteiger partial charge in [-0.15, -0.1) is 0 Å². The first-order valence-corrected chi connectivity index (χ1v) is 7.18. The van der Waals surface area contributed by atoms with Crippen LogP contribution in [-0.2, 0) is 9.53 Å². The summed E-state index contributed by atoms with van der Waals surface area (Å²) in [7, 11) is 2.77. The number of carbonyl (C=O) groups excluding carboxylic acids is 2. The molecule has 0 atom stereocenters. The number of anilines is 1. The van der Waals surface area contributed by atoms with E-state index in [4.69, 9.17) is 9.84 Å². The molecule has 1 aromatic carbocycles. The number of carboxylic acids is 1. The number of aliphatic carboxylic acids is 1. The number of methoxy groups -OCH3 is 1. The van der Waals surface area contributed by atoms with Crippen LogP contribution >= 0.6 is 15.9 Å². The van der Waals surface area contributed by atoms with Gasteiger partial charge in [0.2, 0.25) is 0 Å². The van der Waals surface area contributed by atoms with Crippen molar-refractivity contribution in [1.29, 1.82) is 0 Å². The van der Waals surface area contributed by atoms with Crippen molar-refractivity contribution in [2.45, 2.75) is 13.3 Å². The highest BCUT2D eigenvalue weighted by molar-refractivity contribution is 9.10. The summed E-state index contributed by atoms with van der Waals surface area (Å²) >= 11 is 3.27. The Morgan fingerprint density at radius 1 is 1.36 bits per heavy atom. The number of rotatable bonds is 5. The molecule has 0 fully saturated rings. The maximum absolute atomic E-state index is 12.0. The molecule has 0 heterocycles. The van der Waals surface area contributed by atoms with Gasteiger partial charge < -0.3 is 20.1 Å². The standard InChI is InChI=1S/C14H17BrN2O5/c1-8-10(5-4-9(15)12(8)13(20)22-3)16-14(21)17(2)7-6-11(18)19/h4-5H,6-7H2,1-3H3,(H,16,21)(H,18,19). The molecule has 0 saturated heterocycles. The molecule has 2 N–H and O–H groups in total. The van der Waals surface area contributed by atoms with Gasteiger partial charge >= 0.3 is 18.0 Å². The van der Waals surface area contributed by atoms with Crippen LogP contribution in [-0.4, -0.2) is 48.7 Å². The Labute approximate surface area is 136 Å². The molecule has 0 aliphatic heterocycles. The minimum absolute atomic E-state index is 0.0839. The predicted molar refractivity (Wildman–Crippen MR) is 84.1 cm³/mol. The summed E-state index contributed by atoms with van der Waals surface area (Å²) in [5, 5.41) is 11.3. The van der Waals surface area contributed by atoms with E-state index in [9.17, 15) is 14.4 Å². The monoisotopic (exact) mass is 372 g/mol. The summed E-state index contributed by atoms with van der Waals surface area (Å²) in [6, 6.07) is 2.82. The molecule has 22 heavy (non-hydrogen) atoms. The number of carboxylic acid groups (broad SMARTS) is 1. The summed E-state index contributed by atoms with van der Waals surface area (Å²) in [5.74, 6) is -1.49. The number of ether oxygens (including phenoxy) is 1. The second-order valence-corrected chi connectivity index (χ2v) is 5.44. The molecule has 0 bridgehead atoms. The highest BCUT2D eigenvalue weighted by Gasteiger charge is 2.18. The number of amides is 2. The summed E-state index contributed by atoms with van der Waals surface area (Å²) in [6.07, 6.45) is -0.142. The lowest BCUT2D eigenvalue weighted by molar-refractivity contribution is -0.137. The average Bonchev–Trinajstić information content (AvgIpc) is 2.47. The van der Waals surface area contributed by atoms with Crippen molar-refractivity contribution in [2.24, 2.45) is 0 Å². The van der Waals surface area contributed by atoms with E-state index in [2.05, 4.69) is 21.2 Å². The first kappa shape index (κ1) is 18.0. The molecule has 1 aromatic rings. The van der Waals surface area contributed by atoms with E-state index in [0.29, 0.717) is 21.3 Å². The fraction of sp³-hybridized carbons (Fsp3) is 0.357. The fourth-order valence-electron chi connectivity index (χ4n) is 1.74. The number of nitrogens with zero attached hydrogens (tertiary/aromatic N) is 1. The lowest BCUT2D eigenvalue weighted by Gasteiger charge is -2.19. The van der Waals surface area contributed by atoms with Crippen LogP contribution in [0.4, 0.5) is 10.5 Å². The summed E-state index contributed by atoms with van der Waals surface area (Å²) < 4.78 is 5.28. The molecule has 8 heteroatoms. The third kappa shape index (κ3) is 4.45. The minimum atomic E-state index is -0.979. The molecule has 0 radical (unpaired) electrons. The zero-order valence-corrected chi connectivity index (χ0v) is 14.1. The Bertz CT molecular complexity index is 603. The fourth-order valence-corrected chi connectivity index (χ4v) is 2.33. The number of carbonyl (C=O) groups is 3. The smallest absolute Gasteiger partial charge is 0.339 e. The van der Waals surface area contributed by atoms with Gasteiger partial charge in [0.25, 0.3) is 0 Å². The van der Waals surface area contributed by atoms with E-state index in [1.54, 1.807) is 19.1 Å². The topological polar surface area (TPSA) is 95.9 Å². The zero-order valence-electron chi connectivity index (χ0n) is 12.5. The minimum Gasteiger partial charge on any atom is -0.481 e. The Morgan fingerprint density at radius 3 is 2.55 bits per heavy atom. The van der Waals surface area contributed by atoms with Crippen LogP contribution in [0.15, 0.2) is 16.6 Å². The van der Waals surface area contributed by atoms with E-state index in [0.717, 1.165) is 0 Å². The number of benzene rings is 1. The lowest BCUT2D eigenvalue weighted by Crippen LogP contribution is -2.33. The highest BCUT2D eigenvalue weighted by atomic mass is 79.9. The largest absolute Gasteiger partial charge is 0.481 e. The van der Waals surface area contributed by atoms with Gasteiger partial charge in [-0.05, 0) is 40.5 Å². The molecular weight excluding hydrogens is 356 g/mol. The first-order valence-electron chi connectivity index (χ1n) is 6.39. The van der Waals surface area contributed by atoms with E-state index in [1.807, 2.05) is 0 Å². The summed E-state index contributed by atoms with van der Waals surface area (Å²) in [5.41, 5.74) is 1.34. The van der Waals surface area contributed by atoms with Crippen molar-refractivity contribution >= 4 is 39.6 Å². The van der Waals surface area contributed by atoms with Crippen LogP contribution < -0.4 is 5.32 Å². The van der Waals surface area contributed by atoms with Crippen LogP contribution in [0.1, 0.15) is 22.3 Å². The van der Waals surface area contributed by atoms with E-state index in [1.165, 1.54) is 19.1 Å². The van der Waals surface area contributed by atoms with Gasteiger partial charge in [-0.2, -0.15) is 0 Å². The van der Waals surface area contributed by atoms with Crippen molar-refractivity contribution in [3.63, 3.8) is 0 Å². The molecular formula is C14H17BrN2O5. The van der Waals surface area contributed by atoms with E-state index < -0.39 is 18.0 Å². The Hall–Kier alpha value is -2.09. The number of nitrogens with one attached hydrogen (secondary N) is 1. The molecule has 1 rings (SSSR count). The van der Waals surface area contributed by atoms with E-state index >= 15 is 0 Å². The lowest BCUT2D eigenvalue weighted by atomic mass is 10.1. The molecule has 120 valence electrons. The van der Waals surface area contributed by atoms with Crippen LogP contribution in [0.3, 0.4) is 0 Å².